The van der Waals surface area contributed by atoms with Crippen LogP contribution in [0.5, 0.6) is 0 Å². The van der Waals surface area contributed by atoms with Crippen molar-refractivity contribution in [3.63, 3.8) is 0 Å². The second kappa shape index (κ2) is 15.9. The first kappa shape index (κ1) is 25.1. The summed E-state index contributed by atoms with van der Waals surface area (Å²) in [6.07, 6.45) is 0. The Bertz CT molecular complexity index is 8.00. The third-order valence-electron chi connectivity index (χ3n) is 0. The molecule has 0 unspecified atom stereocenters. The van der Waals surface area contributed by atoms with Crippen LogP contribution in [-0.4, -0.2) is 68.5 Å². The van der Waals surface area contributed by atoms with E-state index in [9.17, 15) is 0 Å². The van der Waals surface area contributed by atoms with Crippen LogP contribution in [0.2, 0.25) is 0 Å². The molecule has 14 valence electrons. The first-order valence-electron chi connectivity index (χ1n) is 0. The first-order valence-corrected chi connectivity index (χ1v) is 0. The number of hydrogen-bond donors (Lipinski definition) is 0. The summed E-state index contributed by atoms with van der Waals surface area (Å²) in [6, 6.07) is 0. The quantitative estimate of drug-likeness (QED) is 0.455. The van der Waals surface area contributed by atoms with E-state index in [1.165, 1.54) is 0 Å². The molecule has 0 atom stereocenters. The fourth-order valence-electron chi connectivity index (χ4n) is 0. The molecule has 0 fully saturated rings. The Labute approximate surface area is 111 Å². The van der Waals surface area contributed by atoms with E-state index < -0.39 is 0 Å². The van der Waals surface area contributed by atoms with Crippen LogP contribution in [0, 0.1) is 0 Å². The second-order valence-corrected chi connectivity index (χ2v) is 0. The van der Waals surface area contributed by atoms with Gasteiger partial charge >= 0.3 is 68.5 Å². The Kier molecular flexibility index (Phi) is 99.6. The van der Waals surface area contributed by atoms with Crippen molar-refractivity contribution in [2.45, 2.75) is 0 Å². The molecular formula is H4MgSrZnZr. The summed E-state index contributed by atoms with van der Waals surface area (Å²) < 4.78 is 0. The number of rotatable bonds is 0. The van der Waals surface area contributed by atoms with E-state index in [4.69, 9.17) is 0 Å². The summed E-state index contributed by atoms with van der Waals surface area (Å²) in [7, 11) is 0. The van der Waals surface area contributed by atoms with E-state index in [0.29, 0.717) is 0 Å². The molecule has 0 radical (unpaired) electrons. The van der Waals surface area contributed by atoms with Gasteiger partial charge < -0.3 is 0 Å². The molecule has 0 amide bonds. The molecule has 0 rings (SSSR count). The third kappa shape index (κ3) is 9.23. The van der Waals surface area contributed by atoms with Crippen LogP contribution in [0.25, 0.3) is 0 Å². The van der Waals surface area contributed by atoms with Crippen molar-refractivity contribution in [1.29, 1.82) is 0 Å². The van der Waals surface area contributed by atoms with Crippen molar-refractivity contribution in [2.75, 3.05) is 0 Å². The van der Waals surface area contributed by atoms with E-state index in [-0.39, 0.29) is 114 Å². The molecule has 4 heavy (non-hydrogen) atoms. The molecule has 0 saturated carbocycles. The summed E-state index contributed by atoms with van der Waals surface area (Å²) in [5.74, 6) is 0. The second-order valence-electron chi connectivity index (χ2n) is 0. The molecule has 0 aromatic carbocycles. The Morgan fingerprint density at radius 2 is 1.00 bits per heavy atom. The van der Waals surface area contributed by atoms with Crippen LogP contribution in [0.3, 0.4) is 0 Å². The topological polar surface area (TPSA) is 0 Å². The van der Waals surface area contributed by atoms with Gasteiger partial charge in [-0.05, 0) is 0 Å². The molecule has 0 aliphatic carbocycles. The van der Waals surface area contributed by atoms with E-state index in [2.05, 4.69) is 0 Å². The van der Waals surface area contributed by atoms with Crippen LogP contribution >= 0.6 is 0 Å². The minimum atomic E-state index is 0. The molecule has 4 heteroatoms. The van der Waals surface area contributed by atoms with Crippen molar-refractivity contribution < 1.29 is 45.7 Å². The van der Waals surface area contributed by atoms with Gasteiger partial charge in [0, 0.05) is 45.7 Å². The van der Waals surface area contributed by atoms with E-state index >= 15 is 0 Å². The maximum Gasteiger partial charge on any atom is 0 e. The van der Waals surface area contributed by atoms with E-state index in [0.717, 1.165) is 0 Å². The fourth-order valence-corrected chi connectivity index (χ4v) is 0. The minimum absolute atomic E-state index is 0. The minimum Gasteiger partial charge on any atom is 0 e. The van der Waals surface area contributed by atoms with Gasteiger partial charge in [0.15, 0.2) is 0 Å². The van der Waals surface area contributed by atoms with E-state index in [1.807, 2.05) is 0 Å². The average Bonchev–Trinajstić information content (AvgIpc) is 0. The zero-order chi connectivity index (χ0) is 0. The molecule has 0 aliphatic heterocycles. The van der Waals surface area contributed by atoms with Crippen LogP contribution < -0.4 is 0 Å². The van der Waals surface area contributed by atoms with Crippen LogP contribution in [-0.2, 0) is 45.7 Å². The summed E-state index contributed by atoms with van der Waals surface area (Å²) in [5.41, 5.74) is 0. The van der Waals surface area contributed by atoms with Gasteiger partial charge in [0.1, 0.15) is 0 Å². The largest absolute Gasteiger partial charge is 0 e. The SMILES string of the molecule is [MgH2].[SrH2].[Zn].[Zr]. The van der Waals surface area contributed by atoms with Crippen molar-refractivity contribution in [3.05, 3.63) is 0 Å². The maximum atomic E-state index is 0. The molecule has 0 heterocycles. The smallest absolute Gasteiger partial charge is 0 e. The summed E-state index contributed by atoms with van der Waals surface area (Å²) in [4.78, 5) is 0. The third-order valence-corrected chi connectivity index (χ3v) is 0. The Morgan fingerprint density at radius 1 is 1.00 bits per heavy atom. The molecule has 0 aromatic rings. The zero-order valence-electron chi connectivity index (χ0n) is 1.21. The van der Waals surface area contributed by atoms with Gasteiger partial charge in [-0.15, -0.1) is 0 Å². The average molecular weight is 273 g/mol. The normalized spacial score (nSPS) is 0. The monoisotopic (exact) mass is 270 g/mol. The first-order chi connectivity index (χ1) is 0. The maximum absolute atomic E-state index is 0. The van der Waals surface area contributed by atoms with Gasteiger partial charge in [0.05, 0.1) is 0 Å². The molecule has 0 bridgehead atoms. The molecule has 0 aliphatic rings. The number of hydrogen-bond acceptors (Lipinski definition) is 0. The van der Waals surface area contributed by atoms with Crippen LogP contribution in [0.4, 0.5) is 0 Å². The Balaban J connectivity index is 0. The predicted molar refractivity (Wildman–Crippen MR) is 17.1 cm³/mol. The van der Waals surface area contributed by atoms with Crippen molar-refractivity contribution >= 4 is 68.5 Å². The molecule has 0 nitrogen and oxygen atoms in total. The van der Waals surface area contributed by atoms with Gasteiger partial charge in [0.2, 0.25) is 0 Å². The summed E-state index contributed by atoms with van der Waals surface area (Å²) in [5, 5.41) is 0. The molecule has 0 N–H and O–H groups in total. The van der Waals surface area contributed by atoms with Crippen molar-refractivity contribution in [2.24, 2.45) is 0 Å². The molecule has 0 saturated heterocycles. The van der Waals surface area contributed by atoms with E-state index in [1.54, 1.807) is 0 Å². The predicted octanol–water partition coefficient (Wildman–Crippen LogP) is -1.84. The Hall–Kier alpha value is 3.75. The van der Waals surface area contributed by atoms with Gasteiger partial charge in [-0.1, -0.05) is 0 Å². The molecule has 0 aromatic heterocycles. The molecular weight excluding hydrogens is 269 g/mol. The zero-order valence-corrected chi connectivity index (χ0v) is 6.63. The Morgan fingerprint density at radius 3 is 1.00 bits per heavy atom. The molecule has 0 spiro atoms. The van der Waals surface area contributed by atoms with Gasteiger partial charge in [-0.3, -0.25) is 0 Å². The van der Waals surface area contributed by atoms with Crippen molar-refractivity contribution in [3.8, 4) is 0 Å². The summed E-state index contributed by atoms with van der Waals surface area (Å²) in [6.45, 7) is 0. The fraction of sp³-hybridized carbons (Fsp3) is 0. The van der Waals surface area contributed by atoms with Crippen molar-refractivity contribution in [1.82, 2.24) is 0 Å². The van der Waals surface area contributed by atoms with Crippen LogP contribution in [0.1, 0.15) is 0 Å². The summed E-state index contributed by atoms with van der Waals surface area (Å²) >= 11 is 0. The standard InChI is InChI=1S/Mg.Sr.Zn.Zr.4H. The van der Waals surface area contributed by atoms with Gasteiger partial charge in [0.25, 0.3) is 0 Å². The van der Waals surface area contributed by atoms with Gasteiger partial charge in [-0.25, -0.2) is 0 Å². The van der Waals surface area contributed by atoms with Crippen LogP contribution in [0.15, 0.2) is 0 Å². The van der Waals surface area contributed by atoms with Gasteiger partial charge in [-0.2, -0.15) is 0 Å².